The molecule has 0 atom stereocenters. The van der Waals surface area contributed by atoms with Gasteiger partial charge in [-0.15, -0.1) is 0 Å². The molecule has 0 aliphatic heterocycles. The van der Waals surface area contributed by atoms with Crippen LogP contribution in [0.15, 0.2) is 18.2 Å². The molecule has 0 amide bonds. The third-order valence-electron chi connectivity index (χ3n) is 2.33. The molecule has 0 aromatic heterocycles. The second-order valence-corrected chi connectivity index (χ2v) is 3.62. The Bertz CT molecular complexity index is 435. The minimum absolute atomic E-state index is 0.0128. The van der Waals surface area contributed by atoms with Gasteiger partial charge >= 0.3 is 5.97 Å². The van der Waals surface area contributed by atoms with E-state index in [0.29, 0.717) is 25.9 Å². The summed E-state index contributed by atoms with van der Waals surface area (Å²) in [4.78, 5) is 11.1. The van der Waals surface area contributed by atoms with Gasteiger partial charge in [-0.25, -0.2) is 0 Å². The van der Waals surface area contributed by atoms with Crippen LogP contribution in [0.4, 0.5) is 0 Å². The van der Waals surface area contributed by atoms with Crippen molar-refractivity contribution in [2.75, 3.05) is 6.61 Å². The van der Waals surface area contributed by atoms with Crippen LogP contribution in [0.1, 0.15) is 30.9 Å². The fraction of sp³-hybridized carbons (Fsp3) is 0.385. The molecule has 0 heterocycles. The van der Waals surface area contributed by atoms with Crippen molar-refractivity contribution in [3.8, 4) is 11.8 Å². The third-order valence-corrected chi connectivity index (χ3v) is 2.33. The molecule has 17 heavy (non-hydrogen) atoms. The predicted octanol–water partition coefficient (Wildman–Crippen LogP) is 2.15. The lowest BCUT2D eigenvalue weighted by molar-refractivity contribution is -0.143. The zero-order chi connectivity index (χ0) is 12.7. The smallest absolute Gasteiger partial charge is 0.305 e. The van der Waals surface area contributed by atoms with Crippen LogP contribution in [0.25, 0.3) is 0 Å². The van der Waals surface area contributed by atoms with Gasteiger partial charge in [0.25, 0.3) is 0 Å². The highest BCUT2D eigenvalue weighted by atomic mass is 16.5. The highest BCUT2D eigenvalue weighted by molar-refractivity contribution is 5.69. The summed E-state index contributed by atoms with van der Waals surface area (Å²) < 4.78 is 4.81. The number of hydrogen-bond acceptors (Lipinski definition) is 4. The van der Waals surface area contributed by atoms with Crippen molar-refractivity contribution in [3.05, 3.63) is 29.3 Å². The molecule has 1 aromatic carbocycles. The van der Waals surface area contributed by atoms with Crippen molar-refractivity contribution in [1.29, 1.82) is 5.26 Å². The van der Waals surface area contributed by atoms with Gasteiger partial charge in [-0.05, 0) is 37.5 Å². The lowest BCUT2D eigenvalue weighted by Gasteiger charge is -2.03. The van der Waals surface area contributed by atoms with E-state index in [2.05, 4.69) is 0 Å². The highest BCUT2D eigenvalue weighted by Gasteiger charge is 2.04. The van der Waals surface area contributed by atoms with Crippen LogP contribution < -0.4 is 0 Å². The van der Waals surface area contributed by atoms with E-state index < -0.39 is 0 Å². The minimum Gasteiger partial charge on any atom is -0.507 e. The molecule has 0 aliphatic carbocycles. The van der Waals surface area contributed by atoms with Crippen molar-refractivity contribution in [3.63, 3.8) is 0 Å². The van der Waals surface area contributed by atoms with Crippen LogP contribution in [0, 0.1) is 11.3 Å². The third kappa shape index (κ3) is 4.15. The molecule has 0 saturated carbocycles. The number of aromatic hydroxyl groups is 1. The average Bonchev–Trinajstić information content (AvgIpc) is 2.29. The largest absolute Gasteiger partial charge is 0.507 e. The molecule has 90 valence electrons. The number of nitriles is 1. The summed E-state index contributed by atoms with van der Waals surface area (Å²) in [5.41, 5.74) is 1.17. The fourth-order valence-corrected chi connectivity index (χ4v) is 1.50. The van der Waals surface area contributed by atoms with E-state index in [4.69, 9.17) is 10.00 Å². The summed E-state index contributed by atoms with van der Waals surface area (Å²) in [5, 5.41) is 18.1. The lowest BCUT2D eigenvalue weighted by atomic mass is 10.1. The molecule has 0 bridgehead atoms. The number of aryl methyl sites for hydroxylation is 1. The summed E-state index contributed by atoms with van der Waals surface area (Å²) in [6.45, 7) is 2.17. The van der Waals surface area contributed by atoms with Crippen LogP contribution in [-0.4, -0.2) is 17.7 Å². The number of ether oxygens (including phenoxy) is 1. The molecule has 0 saturated heterocycles. The normalized spacial score (nSPS) is 9.65. The molecule has 0 spiro atoms. The number of phenolic OH excluding ortho intramolecular Hbond substituents is 1. The molecule has 1 aromatic rings. The zero-order valence-corrected chi connectivity index (χ0v) is 9.77. The first-order chi connectivity index (χ1) is 8.17. The first-order valence-corrected chi connectivity index (χ1v) is 5.55. The number of hydrogen-bond donors (Lipinski definition) is 1. The molecule has 0 fully saturated rings. The maximum Gasteiger partial charge on any atom is 0.305 e. The molecule has 4 heteroatoms. The van der Waals surface area contributed by atoms with Crippen molar-refractivity contribution >= 4 is 5.97 Å². The molecular formula is C13H15NO3. The SMILES string of the molecule is CCOC(=O)CCCc1ccc(C#N)c(O)c1. The zero-order valence-electron chi connectivity index (χ0n) is 9.77. The molecule has 0 unspecified atom stereocenters. The van der Waals surface area contributed by atoms with E-state index in [-0.39, 0.29) is 17.3 Å². The number of nitrogens with zero attached hydrogens (tertiary/aromatic N) is 1. The average molecular weight is 233 g/mol. The number of esters is 1. The van der Waals surface area contributed by atoms with Gasteiger partial charge in [-0.2, -0.15) is 5.26 Å². The number of carbonyl (C=O) groups excluding carboxylic acids is 1. The van der Waals surface area contributed by atoms with Crippen molar-refractivity contribution in [2.45, 2.75) is 26.2 Å². The van der Waals surface area contributed by atoms with Crippen molar-refractivity contribution in [2.24, 2.45) is 0 Å². The fourth-order valence-electron chi connectivity index (χ4n) is 1.50. The van der Waals surface area contributed by atoms with E-state index in [9.17, 15) is 9.90 Å². The van der Waals surface area contributed by atoms with E-state index >= 15 is 0 Å². The highest BCUT2D eigenvalue weighted by Crippen LogP contribution is 2.18. The van der Waals surface area contributed by atoms with Gasteiger partial charge in [0, 0.05) is 6.42 Å². The Labute approximate surface area is 100 Å². The minimum atomic E-state index is -0.203. The monoisotopic (exact) mass is 233 g/mol. The van der Waals surface area contributed by atoms with Crippen LogP contribution in [0.5, 0.6) is 5.75 Å². The van der Waals surface area contributed by atoms with Crippen LogP contribution >= 0.6 is 0 Å². The number of rotatable bonds is 5. The summed E-state index contributed by atoms with van der Waals surface area (Å²) in [6.07, 6.45) is 1.72. The predicted molar refractivity (Wildman–Crippen MR) is 62.4 cm³/mol. The second-order valence-electron chi connectivity index (χ2n) is 3.62. The molecule has 0 radical (unpaired) electrons. The maximum absolute atomic E-state index is 11.1. The Balaban J connectivity index is 2.45. The second kappa shape index (κ2) is 6.54. The van der Waals surface area contributed by atoms with Gasteiger partial charge in [0.15, 0.2) is 0 Å². The Hall–Kier alpha value is -2.02. The van der Waals surface area contributed by atoms with Crippen molar-refractivity contribution < 1.29 is 14.6 Å². The summed E-state index contributed by atoms with van der Waals surface area (Å²) in [5.74, 6) is -0.216. The van der Waals surface area contributed by atoms with E-state index in [1.807, 2.05) is 6.07 Å². The van der Waals surface area contributed by atoms with Crippen molar-refractivity contribution in [1.82, 2.24) is 0 Å². The number of benzene rings is 1. The Morgan fingerprint density at radius 2 is 2.29 bits per heavy atom. The standard InChI is InChI=1S/C13H15NO3/c1-2-17-13(16)5-3-4-10-6-7-11(9-14)12(15)8-10/h6-8,15H,2-5H2,1H3. The summed E-state index contributed by atoms with van der Waals surface area (Å²) in [7, 11) is 0. The number of carbonyl (C=O) groups is 1. The molecular weight excluding hydrogens is 218 g/mol. The van der Waals surface area contributed by atoms with Gasteiger partial charge < -0.3 is 9.84 Å². The summed E-state index contributed by atoms with van der Waals surface area (Å²) in [6, 6.07) is 6.81. The maximum atomic E-state index is 11.1. The summed E-state index contributed by atoms with van der Waals surface area (Å²) >= 11 is 0. The van der Waals surface area contributed by atoms with Crippen LogP contribution in [0.3, 0.4) is 0 Å². The molecule has 4 nitrogen and oxygen atoms in total. The first kappa shape index (κ1) is 13.0. The van der Waals surface area contributed by atoms with Crippen LogP contribution in [-0.2, 0) is 16.0 Å². The lowest BCUT2D eigenvalue weighted by Crippen LogP contribution is -2.04. The van der Waals surface area contributed by atoms with Gasteiger partial charge in [-0.1, -0.05) is 6.07 Å². The van der Waals surface area contributed by atoms with Gasteiger partial charge in [0.2, 0.25) is 0 Å². The van der Waals surface area contributed by atoms with E-state index in [0.717, 1.165) is 5.56 Å². The van der Waals surface area contributed by atoms with E-state index in [1.54, 1.807) is 25.1 Å². The van der Waals surface area contributed by atoms with Gasteiger partial charge in [-0.3, -0.25) is 4.79 Å². The molecule has 1 N–H and O–H groups in total. The Morgan fingerprint density at radius 1 is 1.53 bits per heavy atom. The van der Waals surface area contributed by atoms with Gasteiger partial charge in [0.1, 0.15) is 11.8 Å². The Kier molecular flexibility index (Phi) is 5.02. The molecule has 1 rings (SSSR count). The molecule has 0 aliphatic rings. The Morgan fingerprint density at radius 3 is 2.88 bits per heavy atom. The first-order valence-electron chi connectivity index (χ1n) is 5.55. The van der Waals surface area contributed by atoms with E-state index in [1.165, 1.54) is 0 Å². The van der Waals surface area contributed by atoms with Gasteiger partial charge in [0.05, 0.1) is 12.2 Å². The quantitative estimate of drug-likeness (QED) is 0.791. The topological polar surface area (TPSA) is 70.3 Å². The van der Waals surface area contributed by atoms with Crippen LogP contribution in [0.2, 0.25) is 0 Å². The number of phenols is 1.